The lowest BCUT2D eigenvalue weighted by atomic mass is 9.54. The highest BCUT2D eigenvalue weighted by Crippen LogP contribution is 2.55. The Balaban J connectivity index is 0.00000204. The molecule has 5 fully saturated rings. The van der Waals surface area contributed by atoms with Crippen molar-refractivity contribution in [1.29, 1.82) is 0 Å². The molecule has 1 unspecified atom stereocenters. The highest BCUT2D eigenvalue weighted by atomic mass is 35.5. The second-order valence-electron chi connectivity index (χ2n) is 10.2. The number of amides is 1. The van der Waals surface area contributed by atoms with E-state index in [1.54, 1.807) is 6.20 Å². The second-order valence-corrected chi connectivity index (χ2v) is 10.6. The van der Waals surface area contributed by atoms with Crippen LogP contribution >= 0.6 is 24.0 Å². The fourth-order valence-electron chi connectivity index (χ4n) is 7.35. The van der Waals surface area contributed by atoms with Crippen molar-refractivity contribution in [1.82, 2.24) is 9.88 Å². The summed E-state index contributed by atoms with van der Waals surface area (Å²) >= 11 is 6.64. The minimum Gasteiger partial charge on any atom is -0.339 e. The van der Waals surface area contributed by atoms with Crippen LogP contribution in [0.4, 0.5) is 0 Å². The van der Waals surface area contributed by atoms with E-state index in [1.807, 2.05) is 24.4 Å². The Morgan fingerprint density at radius 1 is 1.00 bits per heavy atom. The molecule has 0 N–H and O–H groups in total. The van der Waals surface area contributed by atoms with E-state index >= 15 is 0 Å². The number of carbonyl (C=O) groups is 1. The number of rotatable bonds is 4. The summed E-state index contributed by atoms with van der Waals surface area (Å²) in [7, 11) is 0. The molecule has 4 aliphatic carbocycles. The summed E-state index contributed by atoms with van der Waals surface area (Å²) in [5.74, 6) is 3.92. The molecule has 0 radical (unpaired) electrons. The highest BCUT2D eigenvalue weighted by molar-refractivity contribution is 6.31. The van der Waals surface area contributed by atoms with E-state index in [-0.39, 0.29) is 18.3 Å². The fraction of sp³-hybridized carbons (Fsp3) is 0.538. The quantitative estimate of drug-likeness (QED) is 0.561. The first-order valence-electron chi connectivity index (χ1n) is 11.6. The third kappa shape index (κ3) is 3.78. The smallest absolute Gasteiger partial charge is 0.226 e. The average molecular weight is 457 g/mol. The summed E-state index contributed by atoms with van der Waals surface area (Å²) in [6, 6.07) is 10.7. The molecule has 2 aromatic rings. The number of carbonyl (C=O) groups excluding carboxylic acids is 1. The zero-order chi connectivity index (χ0) is 20.2. The van der Waals surface area contributed by atoms with Crippen LogP contribution in [0.5, 0.6) is 0 Å². The van der Waals surface area contributed by atoms with Crippen LogP contribution in [-0.4, -0.2) is 28.4 Å². The first-order valence-corrected chi connectivity index (χ1v) is 12.0. The first-order chi connectivity index (χ1) is 14.7. The number of aromatic nitrogens is 1. The van der Waals surface area contributed by atoms with Crippen molar-refractivity contribution >= 4 is 29.9 Å². The number of nitrogens with zero attached hydrogens (tertiary/aromatic N) is 2. The van der Waals surface area contributed by atoms with E-state index in [4.69, 9.17) is 11.6 Å². The maximum atomic E-state index is 13.4. The van der Waals surface area contributed by atoms with Gasteiger partial charge in [0, 0.05) is 41.5 Å². The maximum absolute atomic E-state index is 13.4. The third-order valence-corrected chi connectivity index (χ3v) is 8.75. The highest BCUT2D eigenvalue weighted by Gasteiger charge is 2.52. The van der Waals surface area contributed by atoms with Gasteiger partial charge in [-0.15, -0.1) is 12.4 Å². The molecule has 3 nitrogen and oxygen atoms in total. The molecule has 2 heterocycles. The summed E-state index contributed by atoms with van der Waals surface area (Å²) in [4.78, 5) is 19.9. The average Bonchev–Trinajstić information content (AvgIpc) is 3.09. The van der Waals surface area contributed by atoms with E-state index < -0.39 is 0 Å². The summed E-state index contributed by atoms with van der Waals surface area (Å²) in [5.41, 5.74) is 3.23. The van der Waals surface area contributed by atoms with Gasteiger partial charge in [-0.25, -0.2) is 0 Å². The van der Waals surface area contributed by atoms with Gasteiger partial charge in [-0.05, 0) is 91.9 Å². The Bertz CT molecular complexity index is 935. The van der Waals surface area contributed by atoms with Crippen molar-refractivity contribution in [2.24, 2.45) is 29.6 Å². The largest absolute Gasteiger partial charge is 0.339 e. The number of likely N-dealkylation sites (tertiary alicyclic amines) is 1. The minimum atomic E-state index is 0. The lowest BCUT2D eigenvalue weighted by Crippen LogP contribution is -2.56. The van der Waals surface area contributed by atoms with E-state index in [9.17, 15) is 4.79 Å². The van der Waals surface area contributed by atoms with E-state index in [2.05, 4.69) is 22.0 Å². The number of hydrogen-bond donors (Lipinski definition) is 0. The molecule has 31 heavy (non-hydrogen) atoms. The van der Waals surface area contributed by atoms with E-state index in [0.29, 0.717) is 11.9 Å². The van der Waals surface area contributed by atoms with Crippen molar-refractivity contribution in [3.63, 3.8) is 0 Å². The number of halogens is 2. The van der Waals surface area contributed by atoms with Gasteiger partial charge in [-0.3, -0.25) is 9.78 Å². The molecule has 164 valence electrons. The fourth-order valence-corrected chi connectivity index (χ4v) is 7.60. The zero-order valence-corrected chi connectivity index (χ0v) is 19.3. The van der Waals surface area contributed by atoms with Gasteiger partial charge < -0.3 is 4.90 Å². The Kier molecular flexibility index (Phi) is 5.77. The lowest BCUT2D eigenvalue weighted by Gasteiger charge is -2.56. The molecule has 1 atom stereocenters. The van der Waals surface area contributed by atoms with Crippen LogP contribution in [0.1, 0.15) is 44.1 Å². The van der Waals surface area contributed by atoms with Crippen LogP contribution in [0.15, 0.2) is 42.7 Å². The number of pyridine rings is 1. The zero-order valence-electron chi connectivity index (χ0n) is 17.8. The third-order valence-electron chi connectivity index (χ3n) is 8.40. The van der Waals surface area contributed by atoms with Crippen molar-refractivity contribution in [3.05, 3.63) is 53.3 Å². The monoisotopic (exact) mass is 456 g/mol. The molecule has 5 aliphatic rings. The van der Waals surface area contributed by atoms with Gasteiger partial charge in [0.1, 0.15) is 0 Å². The molecule has 0 spiro atoms. The van der Waals surface area contributed by atoms with Gasteiger partial charge in [0.25, 0.3) is 0 Å². The van der Waals surface area contributed by atoms with Crippen LogP contribution in [0.25, 0.3) is 11.1 Å². The predicted molar refractivity (Wildman–Crippen MR) is 126 cm³/mol. The lowest BCUT2D eigenvalue weighted by molar-refractivity contribution is -0.141. The van der Waals surface area contributed by atoms with Crippen LogP contribution in [0.2, 0.25) is 5.02 Å². The van der Waals surface area contributed by atoms with Gasteiger partial charge >= 0.3 is 0 Å². The summed E-state index contributed by atoms with van der Waals surface area (Å²) in [5, 5.41) is 0.761. The Labute approximate surface area is 196 Å². The molecule has 1 aliphatic heterocycles. The predicted octanol–water partition coefficient (Wildman–Crippen LogP) is 6.04. The molecule has 1 aromatic heterocycles. The van der Waals surface area contributed by atoms with Gasteiger partial charge in [0.15, 0.2) is 0 Å². The van der Waals surface area contributed by atoms with Crippen molar-refractivity contribution in [2.45, 2.75) is 51.0 Å². The maximum Gasteiger partial charge on any atom is 0.226 e. The first kappa shape index (κ1) is 21.3. The normalized spacial score (nSPS) is 33.6. The summed E-state index contributed by atoms with van der Waals surface area (Å²) < 4.78 is 0. The second kappa shape index (κ2) is 8.41. The molecule has 7 rings (SSSR count). The number of hydrogen-bond acceptors (Lipinski definition) is 2. The molecule has 5 heteroatoms. The molecule has 4 saturated carbocycles. The Hall–Kier alpha value is -1.58. The van der Waals surface area contributed by atoms with E-state index in [0.717, 1.165) is 64.8 Å². The standard InChI is InChI=1S/C26H29ClN2O.ClH/c27-24-14-18(21-2-1-6-28-15-21)3-4-19(24)13-20-5-7-29(26(20)30)25-22-9-16-8-17(11-22)12-23(25)10-16;/h1-4,6,14-17,20,22-23,25H,5,7-13H2;1H. The molecular weight excluding hydrogens is 427 g/mol. The topological polar surface area (TPSA) is 33.2 Å². The van der Waals surface area contributed by atoms with Crippen molar-refractivity contribution in [2.75, 3.05) is 6.54 Å². The Morgan fingerprint density at radius 2 is 1.74 bits per heavy atom. The van der Waals surface area contributed by atoms with Gasteiger partial charge in [-0.1, -0.05) is 29.8 Å². The SMILES string of the molecule is Cl.O=C1C(Cc2ccc(-c3cccnc3)cc2Cl)CCN1C1C2CC3CC(C2)CC1C3. The van der Waals surface area contributed by atoms with Crippen LogP contribution < -0.4 is 0 Å². The summed E-state index contributed by atoms with van der Waals surface area (Å²) in [6.07, 6.45) is 12.3. The molecule has 1 aromatic carbocycles. The molecule has 1 saturated heterocycles. The van der Waals surface area contributed by atoms with Gasteiger partial charge in [0.2, 0.25) is 5.91 Å². The number of benzene rings is 1. The van der Waals surface area contributed by atoms with Gasteiger partial charge in [0.05, 0.1) is 0 Å². The van der Waals surface area contributed by atoms with Crippen LogP contribution in [-0.2, 0) is 11.2 Å². The molecular formula is C26H30Cl2N2O. The summed E-state index contributed by atoms with van der Waals surface area (Å²) in [6.45, 7) is 0.946. The van der Waals surface area contributed by atoms with Crippen molar-refractivity contribution < 1.29 is 4.79 Å². The van der Waals surface area contributed by atoms with Gasteiger partial charge in [-0.2, -0.15) is 0 Å². The molecule has 4 bridgehead atoms. The molecule has 1 amide bonds. The van der Waals surface area contributed by atoms with Crippen LogP contribution in [0, 0.1) is 29.6 Å². The minimum absolute atomic E-state index is 0. The van der Waals surface area contributed by atoms with Crippen molar-refractivity contribution in [3.8, 4) is 11.1 Å². The van der Waals surface area contributed by atoms with Crippen LogP contribution in [0.3, 0.4) is 0 Å². The Morgan fingerprint density at radius 3 is 2.39 bits per heavy atom. The van der Waals surface area contributed by atoms with E-state index in [1.165, 1.54) is 32.1 Å².